The Kier molecular flexibility index (Phi) is 5.97. The van der Waals surface area contributed by atoms with Crippen LogP contribution in [0.3, 0.4) is 0 Å². The number of rotatable bonds is 7. The van der Waals surface area contributed by atoms with E-state index in [2.05, 4.69) is 4.72 Å². The van der Waals surface area contributed by atoms with Crippen LogP contribution in [0.15, 0.2) is 54.6 Å². The van der Waals surface area contributed by atoms with Gasteiger partial charge >= 0.3 is 0 Å². The first kappa shape index (κ1) is 17.0. The van der Waals surface area contributed by atoms with E-state index < -0.39 is 16.1 Å². The van der Waals surface area contributed by atoms with Gasteiger partial charge in [0.2, 0.25) is 10.0 Å². The third-order valence-corrected chi connectivity index (χ3v) is 4.80. The number of benzene rings is 2. The van der Waals surface area contributed by atoms with Crippen LogP contribution in [0.4, 0.5) is 0 Å². The van der Waals surface area contributed by atoms with Crippen molar-refractivity contribution in [3.63, 3.8) is 0 Å². The van der Waals surface area contributed by atoms with E-state index in [4.69, 9.17) is 11.6 Å². The molecule has 1 unspecified atom stereocenters. The number of halogens is 1. The van der Waals surface area contributed by atoms with E-state index in [1.165, 1.54) is 0 Å². The van der Waals surface area contributed by atoms with E-state index in [1.807, 2.05) is 30.3 Å². The van der Waals surface area contributed by atoms with Crippen molar-refractivity contribution in [2.45, 2.75) is 18.3 Å². The van der Waals surface area contributed by atoms with Crippen LogP contribution in [0.2, 0.25) is 5.02 Å². The van der Waals surface area contributed by atoms with Crippen LogP contribution in [0.5, 0.6) is 0 Å². The highest BCUT2D eigenvalue weighted by atomic mass is 35.5. The molecule has 0 aromatic heterocycles. The van der Waals surface area contributed by atoms with Crippen LogP contribution < -0.4 is 4.72 Å². The molecule has 0 amide bonds. The fourth-order valence-corrected chi connectivity index (χ4v) is 3.33. The standard InChI is InChI=1S/C16H18ClNO3S/c17-15-8-6-13(7-9-15)12-22(20,21)18-11-10-16(19)14-4-2-1-3-5-14/h1-9,16,18-19H,10-12H2. The summed E-state index contributed by atoms with van der Waals surface area (Å²) in [6.07, 6.45) is -0.358. The number of hydrogen-bond acceptors (Lipinski definition) is 3. The van der Waals surface area contributed by atoms with Gasteiger partial charge in [0.1, 0.15) is 0 Å². The molecule has 0 fully saturated rings. The Morgan fingerprint density at radius 1 is 1.05 bits per heavy atom. The Morgan fingerprint density at radius 3 is 2.32 bits per heavy atom. The molecule has 0 saturated carbocycles. The van der Waals surface area contributed by atoms with Crippen LogP contribution >= 0.6 is 11.6 Å². The molecule has 0 bridgehead atoms. The van der Waals surface area contributed by atoms with Gasteiger partial charge in [-0.05, 0) is 29.7 Å². The molecule has 2 aromatic carbocycles. The summed E-state index contributed by atoms with van der Waals surface area (Å²) in [7, 11) is -3.43. The van der Waals surface area contributed by atoms with Crippen molar-refractivity contribution in [2.24, 2.45) is 0 Å². The molecule has 0 aliphatic heterocycles. The largest absolute Gasteiger partial charge is 0.388 e. The topological polar surface area (TPSA) is 66.4 Å². The lowest BCUT2D eigenvalue weighted by Gasteiger charge is -2.12. The van der Waals surface area contributed by atoms with Crippen molar-refractivity contribution in [3.8, 4) is 0 Å². The summed E-state index contributed by atoms with van der Waals surface area (Å²) in [5.41, 5.74) is 1.44. The van der Waals surface area contributed by atoms with Crippen molar-refractivity contribution in [3.05, 3.63) is 70.7 Å². The van der Waals surface area contributed by atoms with E-state index in [1.54, 1.807) is 24.3 Å². The minimum absolute atomic E-state index is 0.106. The molecule has 2 aromatic rings. The molecule has 0 saturated heterocycles. The molecule has 0 spiro atoms. The zero-order valence-electron chi connectivity index (χ0n) is 11.9. The van der Waals surface area contributed by atoms with Gasteiger partial charge in [0.25, 0.3) is 0 Å². The van der Waals surface area contributed by atoms with Gasteiger partial charge in [0.15, 0.2) is 0 Å². The van der Waals surface area contributed by atoms with Crippen LogP contribution in [0.1, 0.15) is 23.7 Å². The third-order valence-electron chi connectivity index (χ3n) is 3.19. The molecule has 0 radical (unpaired) electrons. The fourth-order valence-electron chi connectivity index (χ4n) is 2.04. The number of sulfonamides is 1. The highest BCUT2D eigenvalue weighted by Gasteiger charge is 2.13. The van der Waals surface area contributed by atoms with Crippen molar-refractivity contribution < 1.29 is 13.5 Å². The Balaban J connectivity index is 1.84. The summed E-state index contributed by atoms with van der Waals surface area (Å²) < 4.78 is 26.5. The monoisotopic (exact) mass is 339 g/mol. The average molecular weight is 340 g/mol. The molecule has 2 rings (SSSR count). The van der Waals surface area contributed by atoms with Gasteiger partial charge in [0, 0.05) is 11.6 Å². The van der Waals surface area contributed by atoms with Gasteiger partial charge in [0.05, 0.1) is 11.9 Å². The molecular formula is C16H18ClNO3S. The number of hydrogen-bond donors (Lipinski definition) is 2. The van der Waals surface area contributed by atoms with Crippen LogP contribution in [-0.4, -0.2) is 20.1 Å². The van der Waals surface area contributed by atoms with Crippen molar-refractivity contribution in [1.29, 1.82) is 0 Å². The maximum absolute atomic E-state index is 12.0. The normalized spacial score (nSPS) is 13.0. The lowest BCUT2D eigenvalue weighted by Crippen LogP contribution is -2.27. The first-order valence-electron chi connectivity index (χ1n) is 6.91. The van der Waals surface area contributed by atoms with Crippen molar-refractivity contribution >= 4 is 21.6 Å². The van der Waals surface area contributed by atoms with Gasteiger partial charge < -0.3 is 5.11 Å². The molecule has 1 atom stereocenters. The second kappa shape index (κ2) is 7.74. The summed E-state index contributed by atoms with van der Waals surface area (Å²) >= 11 is 5.77. The molecule has 22 heavy (non-hydrogen) atoms. The van der Waals surface area contributed by atoms with Crippen molar-refractivity contribution in [2.75, 3.05) is 6.54 Å². The highest BCUT2D eigenvalue weighted by Crippen LogP contribution is 2.15. The van der Waals surface area contributed by atoms with Crippen molar-refractivity contribution in [1.82, 2.24) is 4.72 Å². The first-order chi connectivity index (χ1) is 10.5. The van der Waals surface area contributed by atoms with Crippen LogP contribution in [0.25, 0.3) is 0 Å². The summed E-state index contributed by atoms with van der Waals surface area (Å²) in [5, 5.41) is 10.6. The number of aliphatic hydroxyl groups is 1. The molecule has 4 nitrogen and oxygen atoms in total. The predicted molar refractivity (Wildman–Crippen MR) is 88.1 cm³/mol. The lowest BCUT2D eigenvalue weighted by atomic mass is 10.1. The maximum Gasteiger partial charge on any atom is 0.215 e. The van der Waals surface area contributed by atoms with Gasteiger partial charge in [-0.25, -0.2) is 13.1 Å². The zero-order valence-corrected chi connectivity index (χ0v) is 13.5. The summed E-state index contributed by atoms with van der Waals surface area (Å²) in [6.45, 7) is 0.186. The second-order valence-electron chi connectivity index (χ2n) is 5.00. The third kappa shape index (κ3) is 5.42. The molecule has 6 heteroatoms. The van der Waals surface area contributed by atoms with Crippen LogP contribution in [-0.2, 0) is 15.8 Å². The van der Waals surface area contributed by atoms with Gasteiger partial charge in [-0.2, -0.15) is 0 Å². The quantitative estimate of drug-likeness (QED) is 0.815. The average Bonchev–Trinajstić information content (AvgIpc) is 2.50. The summed E-state index contributed by atoms with van der Waals surface area (Å²) in [5.74, 6) is -0.106. The Hall–Kier alpha value is -1.40. The van der Waals surface area contributed by atoms with Crippen LogP contribution in [0, 0.1) is 0 Å². The second-order valence-corrected chi connectivity index (χ2v) is 7.24. The molecule has 0 aliphatic rings. The minimum atomic E-state index is -3.43. The number of aliphatic hydroxyl groups excluding tert-OH is 1. The SMILES string of the molecule is O=S(=O)(Cc1ccc(Cl)cc1)NCCC(O)c1ccccc1. The Labute approximate surface area is 135 Å². The zero-order chi connectivity index (χ0) is 16.0. The van der Waals surface area contributed by atoms with E-state index in [0.717, 1.165) is 5.56 Å². The molecule has 118 valence electrons. The molecular weight excluding hydrogens is 322 g/mol. The van der Waals surface area contributed by atoms with Gasteiger partial charge in [-0.1, -0.05) is 54.1 Å². The Bertz CT molecular complexity index is 687. The van der Waals surface area contributed by atoms with Gasteiger partial charge in [-0.15, -0.1) is 0 Å². The summed E-state index contributed by atoms with van der Waals surface area (Å²) in [6, 6.07) is 15.8. The predicted octanol–water partition coefficient (Wildman–Crippen LogP) is 2.88. The van der Waals surface area contributed by atoms with E-state index in [-0.39, 0.29) is 12.3 Å². The Morgan fingerprint density at radius 2 is 1.68 bits per heavy atom. The van der Waals surface area contributed by atoms with E-state index in [9.17, 15) is 13.5 Å². The first-order valence-corrected chi connectivity index (χ1v) is 8.94. The molecule has 0 heterocycles. The molecule has 2 N–H and O–H groups in total. The summed E-state index contributed by atoms with van der Waals surface area (Å²) in [4.78, 5) is 0. The van der Waals surface area contributed by atoms with E-state index >= 15 is 0 Å². The minimum Gasteiger partial charge on any atom is -0.388 e. The number of nitrogens with one attached hydrogen (secondary N) is 1. The highest BCUT2D eigenvalue weighted by molar-refractivity contribution is 7.88. The smallest absolute Gasteiger partial charge is 0.215 e. The molecule has 0 aliphatic carbocycles. The van der Waals surface area contributed by atoms with Gasteiger partial charge in [-0.3, -0.25) is 0 Å². The maximum atomic E-state index is 12.0. The van der Waals surface area contributed by atoms with E-state index in [0.29, 0.717) is 17.0 Å². The lowest BCUT2D eigenvalue weighted by molar-refractivity contribution is 0.169. The fraction of sp³-hybridized carbons (Fsp3) is 0.250.